The fourth-order valence-corrected chi connectivity index (χ4v) is 2.18. The normalized spacial score (nSPS) is 10.2. The Balaban J connectivity index is 2.13. The Bertz CT molecular complexity index is 639. The summed E-state index contributed by atoms with van der Waals surface area (Å²) in [5.41, 5.74) is 1.16. The van der Waals surface area contributed by atoms with E-state index in [0.29, 0.717) is 31.2 Å². The molecule has 0 fully saturated rings. The maximum atomic E-state index is 12.2. The molecule has 0 atom stereocenters. The molecule has 0 aliphatic carbocycles. The van der Waals surface area contributed by atoms with E-state index in [1.54, 1.807) is 17.0 Å². The number of hydrogen-bond donors (Lipinski definition) is 1. The van der Waals surface area contributed by atoms with Crippen LogP contribution >= 0.6 is 0 Å². The number of aromatic nitrogens is 2. The van der Waals surface area contributed by atoms with E-state index in [1.165, 1.54) is 0 Å². The topological polar surface area (TPSA) is 67.3 Å². The summed E-state index contributed by atoms with van der Waals surface area (Å²) in [5, 5.41) is 11.3. The molecule has 1 heterocycles. The highest BCUT2D eigenvalue weighted by Crippen LogP contribution is 2.26. The van der Waals surface area contributed by atoms with E-state index in [0.717, 1.165) is 11.4 Å². The number of carbonyl (C=O) groups excluding carboxylic acids is 1. The summed E-state index contributed by atoms with van der Waals surface area (Å²) in [4.78, 5) is 13.9. The van der Waals surface area contributed by atoms with Crippen LogP contribution in [0.3, 0.4) is 0 Å². The number of ether oxygens (including phenoxy) is 1. The number of nitrogens with zero attached hydrogens (tertiary/aromatic N) is 3. The molecular formula is C17H22N4O2. The number of benzene rings is 1. The number of anilines is 2. The Hall–Kier alpha value is -2.63. The summed E-state index contributed by atoms with van der Waals surface area (Å²) in [7, 11) is 0. The van der Waals surface area contributed by atoms with Gasteiger partial charge in [0.15, 0.2) is 11.5 Å². The van der Waals surface area contributed by atoms with Crippen molar-refractivity contribution in [2.24, 2.45) is 0 Å². The summed E-state index contributed by atoms with van der Waals surface area (Å²) in [6.07, 6.45) is 0. The molecule has 1 aromatic heterocycles. The van der Waals surface area contributed by atoms with Crippen molar-refractivity contribution in [2.45, 2.75) is 20.8 Å². The van der Waals surface area contributed by atoms with Gasteiger partial charge in [-0.05, 0) is 45.0 Å². The van der Waals surface area contributed by atoms with E-state index in [2.05, 4.69) is 15.5 Å². The predicted octanol–water partition coefficient (Wildman–Crippen LogP) is 3.10. The lowest BCUT2D eigenvalue weighted by molar-refractivity contribution is 0.0766. The number of rotatable bonds is 7. The molecule has 1 aromatic carbocycles. The van der Waals surface area contributed by atoms with Crippen LogP contribution < -0.4 is 10.1 Å². The van der Waals surface area contributed by atoms with Crippen LogP contribution in [0.4, 0.5) is 11.5 Å². The van der Waals surface area contributed by atoms with Crippen LogP contribution in [-0.4, -0.2) is 40.7 Å². The second-order valence-electron chi connectivity index (χ2n) is 4.84. The van der Waals surface area contributed by atoms with Gasteiger partial charge in [0.05, 0.1) is 12.3 Å². The smallest absolute Gasteiger partial charge is 0.274 e. The van der Waals surface area contributed by atoms with E-state index < -0.39 is 0 Å². The zero-order valence-electron chi connectivity index (χ0n) is 13.7. The third-order valence-electron chi connectivity index (χ3n) is 3.38. The van der Waals surface area contributed by atoms with Crippen LogP contribution in [0.1, 0.15) is 31.3 Å². The zero-order chi connectivity index (χ0) is 16.7. The second kappa shape index (κ2) is 8.12. The molecule has 2 rings (SSSR count). The number of carbonyl (C=O) groups is 1. The molecule has 0 radical (unpaired) electrons. The maximum Gasteiger partial charge on any atom is 0.274 e. The summed E-state index contributed by atoms with van der Waals surface area (Å²) < 4.78 is 5.56. The molecule has 6 nitrogen and oxygen atoms in total. The SMILES string of the molecule is CCOc1ccccc1Nc1ccc(C(=O)N(CC)CC)nn1. The van der Waals surface area contributed by atoms with Gasteiger partial charge < -0.3 is 15.0 Å². The van der Waals surface area contributed by atoms with Gasteiger partial charge in [-0.25, -0.2) is 0 Å². The largest absolute Gasteiger partial charge is 0.492 e. The molecule has 6 heteroatoms. The van der Waals surface area contributed by atoms with Gasteiger partial charge in [0.25, 0.3) is 5.91 Å². The van der Waals surface area contributed by atoms with E-state index in [-0.39, 0.29) is 5.91 Å². The fourth-order valence-electron chi connectivity index (χ4n) is 2.18. The Kier molecular flexibility index (Phi) is 5.91. The molecule has 0 bridgehead atoms. The Morgan fingerprint density at radius 3 is 2.43 bits per heavy atom. The molecular weight excluding hydrogens is 292 g/mol. The van der Waals surface area contributed by atoms with Gasteiger partial charge in [0.1, 0.15) is 5.75 Å². The minimum Gasteiger partial charge on any atom is -0.492 e. The minimum absolute atomic E-state index is 0.108. The first-order chi connectivity index (χ1) is 11.2. The summed E-state index contributed by atoms with van der Waals surface area (Å²) in [6.45, 7) is 7.70. The molecule has 23 heavy (non-hydrogen) atoms. The highest BCUT2D eigenvalue weighted by Gasteiger charge is 2.14. The monoisotopic (exact) mass is 314 g/mol. The van der Waals surface area contributed by atoms with E-state index in [4.69, 9.17) is 4.74 Å². The molecule has 0 aliphatic heterocycles. The average molecular weight is 314 g/mol. The lowest BCUT2D eigenvalue weighted by Crippen LogP contribution is -2.31. The number of nitrogens with one attached hydrogen (secondary N) is 1. The maximum absolute atomic E-state index is 12.2. The Morgan fingerprint density at radius 1 is 1.09 bits per heavy atom. The molecule has 0 saturated heterocycles. The number of amides is 1. The van der Waals surface area contributed by atoms with E-state index in [1.807, 2.05) is 45.0 Å². The molecule has 2 aromatic rings. The van der Waals surface area contributed by atoms with Crippen molar-refractivity contribution in [1.82, 2.24) is 15.1 Å². The number of hydrogen-bond acceptors (Lipinski definition) is 5. The van der Waals surface area contributed by atoms with Gasteiger partial charge in [-0.15, -0.1) is 10.2 Å². The first-order valence-corrected chi connectivity index (χ1v) is 7.81. The molecule has 1 amide bonds. The van der Waals surface area contributed by atoms with Gasteiger partial charge >= 0.3 is 0 Å². The first-order valence-electron chi connectivity index (χ1n) is 7.81. The van der Waals surface area contributed by atoms with Crippen LogP contribution in [0.25, 0.3) is 0 Å². The van der Waals surface area contributed by atoms with Crippen LogP contribution in [-0.2, 0) is 0 Å². The highest BCUT2D eigenvalue weighted by atomic mass is 16.5. The van der Waals surface area contributed by atoms with Crippen molar-refractivity contribution in [1.29, 1.82) is 0 Å². The van der Waals surface area contributed by atoms with Gasteiger partial charge in [-0.3, -0.25) is 4.79 Å². The van der Waals surface area contributed by atoms with Gasteiger partial charge in [0, 0.05) is 13.1 Å². The average Bonchev–Trinajstić information content (AvgIpc) is 2.58. The quantitative estimate of drug-likeness (QED) is 0.850. The van der Waals surface area contributed by atoms with Crippen molar-refractivity contribution < 1.29 is 9.53 Å². The fraction of sp³-hybridized carbons (Fsp3) is 0.353. The lowest BCUT2D eigenvalue weighted by atomic mass is 10.3. The zero-order valence-corrected chi connectivity index (χ0v) is 13.7. The third kappa shape index (κ3) is 4.18. The summed E-state index contributed by atoms with van der Waals surface area (Å²) >= 11 is 0. The van der Waals surface area contributed by atoms with E-state index in [9.17, 15) is 4.79 Å². The van der Waals surface area contributed by atoms with Gasteiger partial charge in [-0.2, -0.15) is 0 Å². The van der Waals surface area contributed by atoms with E-state index >= 15 is 0 Å². The van der Waals surface area contributed by atoms with Crippen molar-refractivity contribution in [3.63, 3.8) is 0 Å². The summed E-state index contributed by atoms with van der Waals surface area (Å²) in [6, 6.07) is 11.0. The van der Waals surface area contributed by atoms with Gasteiger partial charge in [-0.1, -0.05) is 12.1 Å². The standard InChI is InChI=1S/C17H22N4O2/c1-4-21(5-2)17(22)14-11-12-16(20-19-14)18-13-9-7-8-10-15(13)23-6-3/h7-12H,4-6H2,1-3H3,(H,18,20). The third-order valence-corrected chi connectivity index (χ3v) is 3.38. The molecule has 0 aliphatic rings. The second-order valence-corrected chi connectivity index (χ2v) is 4.84. The minimum atomic E-state index is -0.108. The molecule has 122 valence electrons. The van der Waals surface area contributed by atoms with Crippen LogP contribution in [0, 0.1) is 0 Å². The van der Waals surface area contributed by atoms with Crippen molar-refractivity contribution in [3.05, 3.63) is 42.1 Å². The van der Waals surface area contributed by atoms with Crippen molar-refractivity contribution >= 4 is 17.4 Å². The molecule has 0 unspecified atom stereocenters. The highest BCUT2D eigenvalue weighted by molar-refractivity contribution is 5.92. The van der Waals surface area contributed by atoms with Crippen molar-refractivity contribution in [2.75, 3.05) is 25.0 Å². The van der Waals surface area contributed by atoms with Gasteiger partial charge in [0.2, 0.25) is 0 Å². The lowest BCUT2D eigenvalue weighted by Gasteiger charge is -2.17. The molecule has 1 N–H and O–H groups in total. The molecule has 0 saturated carbocycles. The van der Waals surface area contributed by atoms with Crippen LogP contribution in [0.5, 0.6) is 5.75 Å². The van der Waals surface area contributed by atoms with Crippen LogP contribution in [0.15, 0.2) is 36.4 Å². The predicted molar refractivity (Wildman–Crippen MR) is 90.2 cm³/mol. The Morgan fingerprint density at radius 2 is 1.83 bits per heavy atom. The van der Waals surface area contributed by atoms with Crippen LogP contribution in [0.2, 0.25) is 0 Å². The first kappa shape index (κ1) is 16.7. The molecule has 0 spiro atoms. The Labute approximate surface area is 136 Å². The van der Waals surface area contributed by atoms with Crippen molar-refractivity contribution in [3.8, 4) is 5.75 Å². The summed E-state index contributed by atoms with van der Waals surface area (Å²) in [5.74, 6) is 1.21. The number of para-hydroxylation sites is 2.